The van der Waals surface area contributed by atoms with E-state index in [-0.39, 0.29) is 0 Å². The number of hydrogen-bond donors (Lipinski definition) is 0. The number of furan rings is 1. The van der Waals surface area contributed by atoms with Crippen LogP contribution in [-0.4, -0.2) is 28.2 Å². The van der Waals surface area contributed by atoms with Crippen LogP contribution < -0.4 is 4.74 Å². The van der Waals surface area contributed by atoms with Gasteiger partial charge in [0, 0.05) is 5.56 Å². The zero-order chi connectivity index (χ0) is 17.8. The molecule has 0 aliphatic carbocycles. The molecule has 0 N–H and O–H groups in total. The van der Waals surface area contributed by atoms with E-state index in [0.717, 1.165) is 22.4 Å². The number of aromatic nitrogens is 3. The highest BCUT2D eigenvalue weighted by Crippen LogP contribution is 2.24. The van der Waals surface area contributed by atoms with E-state index in [1.165, 1.54) is 0 Å². The van der Waals surface area contributed by atoms with Crippen molar-refractivity contribution in [3.8, 4) is 28.5 Å². The summed E-state index contributed by atoms with van der Waals surface area (Å²) in [6, 6.07) is 19.3. The van der Waals surface area contributed by atoms with Crippen molar-refractivity contribution in [1.29, 1.82) is 0 Å². The number of benzene rings is 2. The molecule has 4 aromatic rings. The van der Waals surface area contributed by atoms with Gasteiger partial charge in [-0.05, 0) is 35.9 Å². The van der Waals surface area contributed by atoms with Gasteiger partial charge in [-0.15, -0.1) is 10.2 Å². The van der Waals surface area contributed by atoms with Gasteiger partial charge in [0.15, 0.2) is 11.6 Å². The second kappa shape index (κ2) is 7.06. The van der Waals surface area contributed by atoms with Crippen molar-refractivity contribution in [3.05, 3.63) is 78.8 Å². The Morgan fingerprint density at radius 3 is 2.31 bits per heavy atom. The van der Waals surface area contributed by atoms with Crippen LogP contribution in [-0.2, 0) is 0 Å². The minimum Gasteiger partial charge on any atom is -0.497 e. The van der Waals surface area contributed by atoms with Crippen molar-refractivity contribution in [2.24, 2.45) is 5.10 Å². The fourth-order valence-electron chi connectivity index (χ4n) is 2.54. The van der Waals surface area contributed by atoms with Crippen LogP contribution in [0.5, 0.6) is 5.75 Å². The van der Waals surface area contributed by atoms with Crippen LogP contribution in [0.25, 0.3) is 22.8 Å². The van der Waals surface area contributed by atoms with Crippen LogP contribution in [0.2, 0.25) is 0 Å². The van der Waals surface area contributed by atoms with Crippen LogP contribution in [0, 0.1) is 0 Å². The summed E-state index contributed by atoms with van der Waals surface area (Å²) >= 11 is 0. The number of nitrogens with zero attached hydrogens (tertiary/aromatic N) is 4. The van der Waals surface area contributed by atoms with E-state index in [1.54, 1.807) is 30.5 Å². The monoisotopic (exact) mass is 344 g/mol. The molecular weight excluding hydrogens is 328 g/mol. The third-order valence-electron chi connectivity index (χ3n) is 3.89. The molecule has 26 heavy (non-hydrogen) atoms. The Morgan fingerprint density at radius 2 is 1.65 bits per heavy atom. The second-order valence-corrected chi connectivity index (χ2v) is 5.55. The fraction of sp³-hybridized carbons (Fsp3) is 0.0500. The van der Waals surface area contributed by atoms with E-state index in [4.69, 9.17) is 9.15 Å². The first-order valence-electron chi connectivity index (χ1n) is 8.07. The molecule has 6 nitrogen and oxygen atoms in total. The lowest BCUT2D eigenvalue weighted by atomic mass is 10.2. The highest BCUT2D eigenvalue weighted by molar-refractivity contribution is 5.80. The molecule has 0 aliphatic heterocycles. The fourth-order valence-corrected chi connectivity index (χ4v) is 2.54. The molecule has 0 atom stereocenters. The van der Waals surface area contributed by atoms with Gasteiger partial charge in [0.1, 0.15) is 12.0 Å². The molecule has 0 spiro atoms. The average molecular weight is 344 g/mol. The first-order chi connectivity index (χ1) is 12.8. The molecular formula is C20H16N4O2. The summed E-state index contributed by atoms with van der Waals surface area (Å²) in [4.78, 5) is 0. The lowest BCUT2D eigenvalue weighted by molar-refractivity contribution is 0.415. The molecule has 2 heterocycles. The van der Waals surface area contributed by atoms with Gasteiger partial charge in [0.2, 0.25) is 0 Å². The lowest BCUT2D eigenvalue weighted by Gasteiger charge is -2.04. The van der Waals surface area contributed by atoms with E-state index >= 15 is 0 Å². The minimum atomic E-state index is 0.613. The smallest absolute Gasteiger partial charge is 0.188 e. The summed E-state index contributed by atoms with van der Waals surface area (Å²) in [5.74, 6) is 2.07. The Kier molecular flexibility index (Phi) is 4.30. The minimum absolute atomic E-state index is 0.613. The second-order valence-electron chi connectivity index (χ2n) is 5.55. The van der Waals surface area contributed by atoms with Crippen molar-refractivity contribution in [2.75, 3.05) is 7.11 Å². The molecule has 6 heteroatoms. The summed E-state index contributed by atoms with van der Waals surface area (Å²) in [6.45, 7) is 0. The third kappa shape index (κ3) is 3.12. The Balaban J connectivity index is 1.77. The van der Waals surface area contributed by atoms with E-state index in [0.29, 0.717) is 11.6 Å². The summed E-state index contributed by atoms with van der Waals surface area (Å²) < 4.78 is 12.1. The van der Waals surface area contributed by atoms with E-state index in [1.807, 2.05) is 60.7 Å². The summed E-state index contributed by atoms with van der Waals surface area (Å²) in [6.07, 6.45) is 4.99. The molecule has 0 unspecified atom stereocenters. The third-order valence-corrected chi connectivity index (χ3v) is 3.89. The number of ether oxygens (including phenoxy) is 1. The molecule has 0 saturated heterocycles. The van der Waals surface area contributed by atoms with E-state index < -0.39 is 0 Å². The van der Waals surface area contributed by atoms with Crippen LogP contribution in [0.4, 0.5) is 0 Å². The predicted molar refractivity (Wildman–Crippen MR) is 99.1 cm³/mol. The van der Waals surface area contributed by atoms with Gasteiger partial charge in [0.05, 0.1) is 25.2 Å². The molecule has 0 saturated carbocycles. The summed E-state index contributed by atoms with van der Waals surface area (Å²) in [5, 5.41) is 13.2. The maximum Gasteiger partial charge on any atom is 0.188 e. The standard InChI is InChI=1S/C20H16N4O2/c1-25-18-9-7-15(8-10-18)13-21-24-19(16-5-3-2-4-6-16)22-23-20(24)17-11-12-26-14-17/h2-14H,1H3. The normalized spacial score (nSPS) is 11.1. The average Bonchev–Trinajstić information content (AvgIpc) is 3.37. The van der Waals surface area contributed by atoms with Crippen LogP contribution >= 0.6 is 0 Å². The Labute approximate surface area is 150 Å². The highest BCUT2D eigenvalue weighted by Gasteiger charge is 2.15. The number of rotatable bonds is 5. The predicted octanol–water partition coefficient (Wildman–Crippen LogP) is 4.10. The lowest BCUT2D eigenvalue weighted by Crippen LogP contribution is -1.97. The van der Waals surface area contributed by atoms with Crippen LogP contribution in [0.3, 0.4) is 0 Å². The van der Waals surface area contributed by atoms with Crippen molar-refractivity contribution in [3.63, 3.8) is 0 Å². The topological polar surface area (TPSA) is 65.4 Å². The van der Waals surface area contributed by atoms with Gasteiger partial charge in [-0.2, -0.15) is 9.78 Å². The highest BCUT2D eigenvalue weighted by atomic mass is 16.5. The van der Waals surface area contributed by atoms with Gasteiger partial charge in [-0.1, -0.05) is 30.3 Å². The molecule has 2 aromatic heterocycles. The molecule has 0 bridgehead atoms. The van der Waals surface area contributed by atoms with Gasteiger partial charge in [-0.3, -0.25) is 0 Å². The molecule has 0 fully saturated rings. The first-order valence-corrected chi connectivity index (χ1v) is 8.07. The number of methoxy groups -OCH3 is 1. The molecule has 0 radical (unpaired) electrons. The summed E-state index contributed by atoms with van der Waals surface area (Å²) in [7, 11) is 1.64. The van der Waals surface area contributed by atoms with Crippen LogP contribution in [0.1, 0.15) is 5.56 Å². The Bertz CT molecular complexity index is 1000. The van der Waals surface area contributed by atoms with Crippen molar-refractivity contribution in [2.45, 2.75) is 0 Å². The zero-order valence-electron chi connectivity index (χ0n) is 14.1. The van der Waals surface area contributed by atoms with E-state index in [9.17, 15) is 0 Å². The van der Waals surface area contributed by atoms with Crippen molar-refractivity contribution < 1.29 is 9.15 Å². The molecule has 0 aliphatic rings. The van der Waals surface area contributed by atoms with Gasteiger partial charge >= 0.3 is 0 Å². The zero-order valence-corrected chi connectivity index (χ0v) is 14.1. The van der Waals surface area contributed by atoms with Crippen molar-refractivity contribution >= 4 is 6.21 Å². The van der Waals surface area contributed by atoms with Gasteiger partial charge in [0.25, 0.3) is 0 Å². The van der Waals surface area contributed by atoms with Crippen molar-refractivity contribution in [1.82, 2.24) is 14.9 Å². The van der Waals surface area contributed by atoms with Crippen LogP contribution in [0.15, 0.2) is 82.7 Å². The van der Waals surface area contributed by atoms with Gasteiger partial charge < -0.3 is 9.15 Å². The largest absolute Gasteiger partial charge is 0.497 e. The first kappa shape index (κ1) is 15.8. The SMILES string of the molecule is COc1ccc(C=Nn2c(-c3ccccc3)nnc2-c2ccoc2)cc1. The molecule has 2 aromatic carbocycles. The molecule has 0 amide bonds. The molecule has 128 valence electrons. The molecule has 4 rings (SSSR count). The quantitative estimate of drug-likeness (QED) is 0.511. The summed E-state index contributed by atoms with van der Waals surface area (Å²) in [5.41, 5.74) is 2.69. The van der Waals surface area contributed by atoms with Gasteiger partial charge in [-0.25, -0.2) is 0 Å². The van der Waals surface area contributed by atoms with E-state index in [2.05, 4.69) is 15.3 Å². The Hall–Kier alpha value is -3.67. The Morgan fingerprint density at radius 1 is 0.923 bits per heavy atom. The maximum absolute atomic E-state index is 5.18. The maximum atomic E-state index is 5.18. The number of hydrogen-bond acceptors (Lipinski definition) is 5.